The first-order chi connectivity index (χ1) is 2.56. The Balaban J connectivity index is 3.45. The third-order valence-electron chi connectivity index (χ3n) is 0.231. The van der Waals surface area contributed by atoms with Crippen LogP contribution in [-0.2, 0) is 0 Å². The van der Waals surface area contributed by atoms with Crippen LogP contribution >= 0.6 is 42.0 Å². The van der Waals surface area contributed by atoms with Gasteiger partial charge in [-0.15, -0.1) is 0 Å². The van der Waals surface area contributed by atoms with Crippen molar-refractivity contribution in [1.29, 1.82) is 0 Å². The summed E-state index contributed by atoms with van der Waals surface area (Å²) in [5, 5.41) is 0. The van der Waals surface area contributed by atoms with Crippen molar-refractivity contribution in [2.75, 3.05) is 0 Å². The zero-order valence-electron chi connectivity index (χ0n) is 2.92. The molecule has 0 rings (SSSR count). The van der Waals surface area contributed by atoms with Crippen LogP contribution in [0, 0.1) is 0 Å². The Morgan fingerprint density at radius 3 is 1.50 bits per heavy atom. The molecule has 0 aliphatic carbocycles. The van der Waals surface area contributed by atoms with Crippen molar-refractivity contribution in [3.8, 4) is 0 Å². The van der Waals surface area contributed by atoms with Gasteiger partial charge in [-0.1, -0.05) is 0 Å². The van der Waals surface area contributed by atoms with Crippen LogP contribution in [0.5, 0.6) is 0 Å². The average Bonchev–Trinajstić information content (AvgIpc) is 1.35. The molecule has 0 bridgehead atoms. The summed E-state index contributed by atoms with van der Waals surface area (Å²) in [4.78, 5) is 1.88. The van der Waals surface area contributed by atoms with Crippen LogP contribution in [0.3, 0.4) is 0 Å². The summed E-state index contributed by atoms with van der Waals surface area (Å²) in [5.41, 5.74) is 0. The summed E-state index contributed by atoms with van der Waals surface area (Å²) in [6.07, 6.45) is 0. The van der Waals surface area contributed by atoms with Gasteiger partial charge in [-0.25, -0.2) is 0 Å². The number of hydrogen-bond donors (Lipinski definition) is 0. The van der Waals surface area contributed by atoms with Gasteiger partial charge in [0.1, 0.15) is 0 Å². The SMILES string of the molecule is C=[CH][Ge]([Br])([Br])[Br]. The quantitative estimate of drug-likeness (QED) is 0.645. The molecule has 0 saturated carbocycles. The van der Waals surface area contributed by atoms with E-state index in [1.54, 1.807) is 0 Å². The molecule has 0 spiro atoms. The zero-order valence-corrected chi connectivity index (χ0v) is 9.77. The molecule has 0 fully saturated rings. The fraction of sp³-hybridized carbons (Fsp3) is 0. The molecule has 4 heteroatoms. The zero-order chi connectivity index (χ0) is 5.21. The fourth-order valence-corrected chi connectivity index (χ4v) is 0. The van der Waals surface area contributed by atoms with E-state index < -0.39 is 7.74 Å². The van der Waals surface area contributed by atoms with Crippen LogP contribution in [-0.4, -0.2) is 7.74 Å². The van der Waals surface area contributed by atoms with Gasteiger partial charge in [0.25, 0.3) is 0 Å². The Morgan fingerprint density at radius 1 is 1.33 bits per heavy atom. The molecule has 0 N–H and O–H groups in total. The Labute approximate surface area is 60.6 Å². The Hall–Kier alpha value is 1.72. The number of rotatable bonds is 1. The average molecular weight is 339 g/mol. The van der Waals surface area contributed by atoms with E-state index in [4.69, 9.17) is 0 Å². The van der Waals surface area contributed by atoms with Crippen LogP contribution in [0.2, 0.25) is 0 Å². The second-order valence-electron chi connectivity index (χ2n) is 0.746. The monoisotopic (exact) mass is 338 g/mol. The van der Waals surface area contributed by atoms with Crippen molar-refractivity contribution in [2.45, 2.75) is 0 Å². The topological polar surface area (TPSA) is 0 Å². The van der Waals surface area contributed by atoms with E-state index >= 15 is 0 Å². The molecule has 0 aliphatic heterocycles. The van der Waals surface area contributed by atoms with Gasteiger partial charge in [-0.05, 0) is 0 Å². The van der Waals surface area contributed by atoms with Crippen molar-refractivity contribution in [1.82, 2.24) is 0 Å². The van der Waals surface area contributed by atoms with Gasteiger partial charge in [0.05, 0.1) is 0 Å². The molecule has 0 nitrogen and oxygen atoms in total. The summed E-state index contributed by atoms with van der Waals surface area (Å²) in [7, 11) is -1.84. The van der Waals surface area contributed by atoms with Gasteiger partial charge in [0.15, 0.2) is 0 Å². The third-order valence-corrected chi connectivity index (χ3v) is 6.25. The van der Waals surface area contributed by atoms with Crippen molar-refractivity contribution < 1.29 is 0 Å². The molecule has 0 aromatic heterocycles. The molecule has 0 aliphatic rings. The van der Waals surface area contributed by atoms with Gasteiger partial charge < -0.3 is 0 Å². The predicted molar refractivity (Wildman–Crippen MR) is 42.7 cm³/mol. The van der Waals surface area contributed by atoms with E-state index in [1.165, 1.54) is 0 Å². The molecule has 0 atom stereocenters. The van der Waals surface area contributed by atoms with Crippen molar-refractivity contribution in [2.24, 2.45) is 0 Å². The second kappa shape index (κ2) is 2.89. The minimum atomic E-state index is -1.84. The second-order valence-corrected chi connectivity index (χ2v) is 40.0. The normalized spacial score (nSPS) is 11.2. The van der Waals surface area contributed by atoms with E-state index in [0.717, 1.165) is 0 Å². The standard InChI is InChI=1S/C2H3Br3Ge/c1-2-6(3,4)5/h2H,1H2. The van der Waals surface area contributed by atoms with E-state index in [9.17, 15) is 0 Å². The molecular formula is C2H3Br3Ge. The molecule has 0 saturated heterocycles. The predicted octanol–water partition coefficient (Wildman–Crippen LogP) is 2.84. The Bertz CT molecular complexity index is 54.3. The Morgan fingerprint density at radius 2 is 1.50 bits per heavy atom. The first kappa shape index (κ1) is 7.72. The van der Waals surface area contributed by atoms with E-state index in [0.29, 0.717) is 0 Å². The first-order valence-electron chi connectivity index (χ1n) is 1.26. The van der Waals surface area contributed by atoms with E-state index in [1.807, 2.05) is 4.91 Å². The summed E-state index contributed by atoms with van der Waals surface area (Å²) in [6, 6.07) is 0. The summed E-state index contributed by atoms with van der Waals surface area (Å²) in [5.74, 6) is 0. The van der Waals surface area contributed by atoms with Gasteiger partial charge >= 0.3 is 61.2 Å². The first-order valence-corrected chi connectivity index (χ1v) is 17.2. The van der Waals surface area contributed by atoms with Crippen molar-refractivity contribution in [3.05, 3.63) is 11.5 Å². The van der Waals surface area contributed by atoms with E-state index in [-0.39, 0.29) is 0 Å². The molecule has 0 radical (unpaired) electrons. The molecule has 0 heterocycles. The van der Waals surface area contributed by atoms with E-state index in [2.05, 4.69) is 48.6 Å². The minimum absolute atomic E-state index is 1.84. The van der Waals surface area contributed by atoms with Crippen molar-refractivity contribution in [3.63, 3.8) is 0 Å². The molecule has 0 amide bonds. The fourth-order valence-electron chi connectivity index (χ4n) is 0. The summed E-state index contributed by atoms with van der Waals surface area (Å²) in [6.45, 7) is 3.57. The number of halogens is 3. The van der Waals surface area contributed by atoms with Crippen LogP contribution in [0.25, 0.3) is 0 Å². The molecule has 0 aromatic carbocycles. The molecular weight excluding hydrogens is 336 g/mol. The maximum absolute atomic E-state index is 3.57. The van der Waals surface area contributed by atoms with Gasteiger partial charge in [-0.3, -0.25) is 0 Å². The van der Waals surface area contributed by atoms with Crippen LogP contribution < -0.4 is 0 Å². The molecule has 0 unspecified atom stereocenters. The number of hydrogen-bond acceptors (Lipinski definition) is 0. The van der Waals surface area contributed by atoms with Crippen molar-refractivity contribution >= 4 is 49.8 Å². The Kier molecular flexibility index (Phi) is 3.72. The summed E-state index contributed by atoms with van der Waals surface area (Å²) >= 11 is 10.1. The summed E-state index contributed by atoms with van der Waals surface area (Å²) < 4.78 is 0. The van der Waals surface area contributed by atoms with Crippen LogP contribution in [0.1, 0.15) is 0 Å². The van der Waals surface area contributed by atoms with Gasteiger partial charge in [0, 0.05) is 0 Å². The van der Waals surface area contributed by atoms with Crippen LogP contribution in [0.15, 0.2) is 11.5 Å². The molecule has 0 aromatic rings. The molecule has 36 valence electrons. The van der Waals surface area contributed by atoms with Gasteiger partial charge in [-0.2, -0.15) is 0 Å². The van der Waals surface area contributed by atoms with Crippen LogP contribution in [0.4, 0.5) is 0 Å². The molecule has 6 heavy (non-hydrogen) atoms. The third kappa shape index (κ3) is 5.72. The maximum atomic E-state index is 3.57. The van der Waals surface area contributed by atoms with Gasteiger partial charge in [0.2, 0.25) is 0 Å².